The Labute approximate surface area is 128 Å². The summed E-state index contributed by atoms with van der Waals surface area (Å²) in [5.41, 5.74) is -0.292. The average Bonchev–Trinajstić information content (AvgIpc) is 2.36. The number of carbonyl (C=O) groups excluding carboxylic acids is 2. The van der Waals surface area contributed by atoms with Crippen LogP contribution in [0.4, 0.5) is 14.9 Å². The van der Waals surface area contributed by atoms with Crippen molar-refractivity contribution in [1.82, 2.24) is 5.32 Å². The Morgan fingerprint density at radius 2 is 2.00 bits per heavy atom. The fourth-order valence-electron chi connectivity index (χ4n) is 1.55. The van der Waals surface area contributed by atoms with Gasteiger partial charge in [0.15, 0.2) is 0 Å². The van der Waals surface area contributed by atoms with E-state index in [1.54, 1.807) is 20.8 Å². The zero-order valence-corrected chi connectivity index (χ0v) is 13.1. The molecule has 0 fully saturated rings. The molecule has 0 spiro atoms. The molecule has 0 aliphatic carbocycles. The number of ether oxygens (including phenoxy) is 1. The highest BCUT2D eigenvalue weighted by molar-refractivity contribution is 5.96. The lowest BCUT2D eigenvalue weighted by Gasteiger charge is -2.21. The standard InChI is InChI=1S/C15H21FN2O4/c1-9(17-14(21)22-15(2,3)4)13(20)18-11-6-5-10(8-19)12(16)7-11/h5-7,9,19H,8H2,1-4H3,(H,17,21)(H,18,20)/t9-/m0/s1. The molecule has 22 heavy (non-hydrogen) atoms. The van der Waals surface area contributed by atoms with Gasteiger partial charge in [-0.15, -0.1) is 0 Å². The maximum atomic E-state index is 13.5. The zero-order valence-electron chi connectivity index (χ0n) is 13.1. The van der Waals surface area contributed by atoms with Gasteiger partial charge in [0.05, 0.1) is 6.61 Å². The van der Waals surface area contributed by atoms with E-state index in [1.807, 2.05) is 0 Å². The molecule has 6 nitrogen and oxygen atoms in total. The largest absolute Gasteiger partial charge is 0.444 e. The normalized spacial score (nSPS) is 12.5. The number of aliphatic hydroxyl groups excluding tert-OH is 1. The maximum Gasteiger partial charge on any atom is 0.408 e. The van der Waals surface area contributed by atoms with E-state index < -0.39 is 36.1 Å². The van der Waals surface area contributed by atoms with Crippen LogP contribution in [0.3, 0.4) is 0 Å². The number of benzene rings is 1. The van der Waals surface area contributed by atoms with Gasteiger partial charge in [-0.05, 0) is 39.8 Å². The van der Waals surface area contributed by atoms with Gasteiger partial charge in [0, 0.05) is 11.3 Å². The molecule has 0 aliphatic rings. The van der Waals surface area contributed by atoms with E-state index in [0.717, 1.165) is 6.07 Å². The summed E-state index contributed by atoms with van der Waals surface area (Å²) < 4.78 is 18.5. The van der Waals surface area contributed by atoms with Gasteiger partial charge < -0.3 is 20.5 Å². The first-order valence-electron chi connectivity index (χ1n) is 6.82. The van der Waals surface area contributed by atoms with Gasteiger partial charge in [-0.1, -0.05) is 6.07 Å². The lowest BCUT2D eigenvalue weighted by molar-refractivity contribution is -0.117. The van der Waals surface area contributed by atoms with Crippen molar-refractivity contribution in [1.29, 1.82) is 0 Å². The number of alkyl carbamates (subject to hydrolysis) is 1. The van der Waals surface area contributed by atoms with Crippen LogP contribution in [0.15, 0.2) is 18.2 Å². The van der Waals surface area contributed by atoms with Gasteiger partial charge in [-0.3, -0.25) is 4.79 Å². The lowest BCUT2D eigenvalue weighted by atomic mass is 10.2. The number of carbonyl (C=O) groups is 2. The Bertz CT molecular complexity index is 555. The van der Waals surface area contributed by atoms with Crippen LogP contribution < -0.4 is 10.6 Å². The van der Waals surface area contributed by atoms with Gasteiger partial charge in [-0.25, -0.2) is 9.18 Å². The van der Waals surface area contributed by atoms with E-state index in [-0.39, 0.29) is 11.3 Å². The fourth-order valence-corrected chi connectivity index (χ4v) is 1.55. The maximum absolute atomic E-state index is 13.5. The molecule has 1 aromatic rings. The summed E-state index contributed by atoms with van der Waals surface area (Å²) in [6.07, 6.45) is -0.711. The van der Waals surface area contributed by atoms with Crippen LogP contribution in [0, 0.1) is 5.82 Å². The Morgan fingerprint density at radius 3 is 2.50 bits per heavy atom. The highest BCUT2D eigenvalue weighted by Crippen LogP contribution is 2.15. The molecule has 7 heteroatoms. The Morgan fingerprint density at radius 1 is 1.36 bits per heavy atom. The Hall–Kier alpha value is -2.15. The second-order valence-corrected chi connectivity index (χ2v) is 5.82. The van der Waals surface area contributed by atoms with E-state index in [1.165, 1.54) is 19.1 Å². The SMILES string of the molecule is C[C@H](NC(=O)OC(C)(C)C)C(=O)Nc1ccc(CO)c(F)c1. The number of hydrogen-bond donors (Lipinski definition) is 3. The first-order chi connectivity index (χ1) is 10.1. The molecule has 0 aliphatic heterocycles. The minimum atomic E-state index is -0.851. The molecule has 1 aromatic carbocycles. The van der Waals surface area contributed by atoms with Crippen LogP contribution in [0.2, 0.25) is 0 Å². The number of rotatable bonds is 4. The number of hydrogen-bond acceptors (Lipinski definition) is 4. The summed E-state index contributed by atoms with van der Waals surface area (Å²) in [7, 11) is 0. The van der Waals surface area contributed by atoms with Crippen LogP contribution in [-0.4, -0.2) is 28.7 Å². The molecule has 0 aromatic heterocycles. The van der Waals surface area contributed by atoms with E-state index in [9.17, 15) is 14.0 Å². The van der Waals surface area contributed by atoms with E-state index >= 15 is 0 Å². The molecule has 2 amide bonds. The number of anilines is 1. The van der Waals surface area contributed by atoms with E-state index in [0.29, 0.717) is 0 Å². The van der Waals surface area contributed by atoms with Crippen LogP contribution in [0.1, 0.15) is 33.3 Å². The first kappa shape index (κ1) is 17.9. The third-order valence-corrected chi connectivity index (χ3v) is 2.62. The molecule has 0 bridgehead atoms. The predicted octanol–water partition coefficient (Wildman–Crippen LogP) is 2.17. The highest BCUT2D eigenvalue weighted by Gasteiger charge is 2.21. The van der Waals surface area contributed by atoms with Crippen molar-refractivity contribution in [3.05, 3.63) is 29.6 Å². The number of amides is 2. The summed E-state index contributed by atoms with van der Waals surface area (Å²) in [6, 6.07) is 3.09. The summed E-state index contributed by atoms with van der Waals surface area (Å²) in [5.74, 6) is -1.13. The molecule has 0 radical (unpaired) electrons. The Balaban J connectivity index is 2.61. The second-order valence-electron chi connectivity index (χ2n) is 5.82. The first-order valence-corrected chi connectivity index (χ1v) is 6.82. The molecule has 1 rings (SSSR count). The quantitative estimate of drug-likeness (QED) is 0.795. The zero-order chi connectivity index (χ0) is 16.9. The van der Waals surface area contributed by atoms with Crippen LogP contribution in [-0.2, 0) is 16.1 Å². The smallest absolute Gasteiger partial charge is 0.408 e. The van der Waals surface area contributed by atoms with Gasteiger partial charge >= 0.3 is 6.09 Å². The van der Waals surface area contributed by atoms with Crippen molar-refractivity contribution >= 4 is 17.7 Å². The average molecular weight is 312 g/mol. The predicted molar refractivity (Wildman–Crippen MR) is 79.8 cm³/mol. The molecule has 1 atom stereocenters. The van der Waals surface area contributed by atoms with Crippen molar-refractivity contribution in [2.45, 2.75) is 45.9 Å². The fraction of sp³-hybridized carbons (Fsp3) is 0.467. The van der Waals surface area contributed by atoms with Crippen molar-refractivity contribution in [3.8, 4) is 0 Å². The van der Waals surface area contributed by atoms with E-state index in [2.05, 4.69) is 10.6 Å². The summed E-state index contributed by atoms with van der Waals surface area (Å²) in [6.45, 7) is 6.20. The van der Waals surface area contributed by atoms with Crippen LogP contribution in [0.5, 0.6) is 0 Å². The molecule has 122 valence electrons. The van der Waals surface area contributed by atoms with Gasteiger partial charge in [-0.2, -0.15) is 0 Å². The highest BCUT2D eigenvalue weighted by atomic mass is 19.1. The summed E-state index contributed by atoms with van der Waals surface area (Å²) in [5, 5.41) is 13.7. The minimum absolute atomic E-state index is 0.137. The van der Waals surface area contributed by atoms with Gasteiger partial charge in [0.2, 0.25) is 5.91 Å². The van der Waals surface area contributed by atoms with Crippen molar-refractivity contribution in [3.63, 3.8) is 0 Å². The monoisotopic (exact) mass is 312 g/mol. The topological polar surface area (TPSA) is 87.7 Å². The van der Waals surface area contributed by atoms with Crippen molar-refractivity contribution < 1.29 is 23.8 Å². The van der Waals surface area contributed by atoms with Crippen LogP contribution in [0.25, 0.3) is 0 Å². The molecule has 0 saturated heterocycles. The molecule has 0 heterocycles. The van der Waals surface area contributed by atoms with Crippen LogP contribution >= 0.6 is 0 Å². The number of nitrogens with one attached hydrogen (secondary N) is 2. The molecule has 0 unspecified atom stereocenters. The molecule has 0 saturated carbocycles. The third kappa shape index (κ3) is 5.69. The minimum Gasteiger partial charge on any atom is -0.444 e. The van der Waals surface area contributed by atoms with Crippen molar-refractivity contribution in [2.75, 3.05) is 5.32 Å². The lowest BCUT2D eigenvalue weighted by Crippen LogP contribution is -2.43. The van der Waals surface area contributed by atoms with Gasteiger partial charge in [0.25, 0.3) is 0 Å². The molecule has 3 N–H and O–H groups in total. The van der Waals surface area contributed by atoms with Crippen molar-refractivity contribution in [2.24, 2.45) is 0 Å². The molecular formula is C15H21FN2O4. The number of aliphatic hydroxyl groups is 1. The second kappa shape index (κ2) is 7.22. The number of halogens is 1. The third-order valence-electron chi connectivity index (χ3n) is 2.62. The summed E-state index contributed by atoms with van der Waals surface area (Å²) in [4.78, 5) is 23.5. The summed E-state index contributed by atoms with van der Waals surface area (Å²) >= 11 is 0. The van der Waals surface area contributed by atoms with E-state index in [4.69, 9.17) is 9.84 Å². The molecular weight excluding hydrogens is 291 g/mol. The van der Waals surface area contributed by atoms with Gasteiger partial charge in [0.1, 0.15) is 17.5 Å². The Kier molecular flexibility index (Phi) is 5.87.